The summed E-state index contributed by atoms with van der Waals surface area (Å²) >= 11 is 0. The van der Waals surface area contributed by atoms with Crippen LogP contribution in [-0.2, 0) is 0 Å². The van der Waals surface area contributed by atoms with Crippen LogP contribution in [-0.4, -0.2) is 32.0 Å². The van der Waals surface area contributed by atoms with Gasteiger partial charge in [0.2, 0.25) is 0 Å². The smallest absolute Gasteiger partial charge is 0.153 e. The van der Waals surface area contributed by atoms with Gasteiger partial charge in [0, 0.05) is 5.56 Å². The van der Waals surface area contributed by atoms with Crippen molar-refractivity contribution in [3.8, 4) is 0 Å². The van der Waals surface area contributed by atoms with Gasteiger partial charge in [-0.15, -0.1) is 0 Å². The molecule has 2 heterocycles. The number of fused-ring (bicyclic) bond motifs is 1. The lowest BCUT2D eigenvalue weighted by Crippen LogP contribution is -3.14. The van der Waals surface area contributed by atoms with Crippen molar-refractivity contribution in [1.29, 1.82) is 0 Å². The van der Waals surface area contributed by atoms with Crippen molar-refractivity contribution in [2.45, 2.75) is 19.8 Å². The second kappa shape index (κ2) is 6.78. The molecule has 0 aromatic heterocycles. The summed E-state index contributed by atoms with van der Waals surface area (Å²) in [4.78, 5) is 9.15. The molecule has 0 aliphatic carbocycles. The summed E-state index contributed by atoms with van der Waals surface area (Å²) in [5.74, 6) is 0.898. The lowest BCUT2D eigenvalue weighted by molar-refractivity contribution is -0.905. The number of hydrogen-bond acceptors (Lipinski definition) is 2. The summed E-state index contributed by atoms with van der Waals surface area (Å²) in [6, 6.07) is 19.0. The molecule has 2 aromatic carbocycles. The summed E-state index contributed by atoms with van der Waals surface area (Å²) in [5.41, 5.74) is 4.88. The van der Waals surface area contributed by atoms with E-state index in [1.165, 1.54) is 42.9 Å². The first-order valence-corrected chi connectivity index (χ1v) is 9.10. The first-order chi connectivity index (χ1) is 11.8. The molecule has 1 N–H and O–H groups in total. The molecule has 2 aromatic rings. The highest BCUT2D eigenvalue weighted by molar-refractivity contribution is 6.12. The number of piperidine rings is 1. The highest BCUT2D eigenvalue weighted by atomic mass is 15.3. The predicted molar refractivity (Wildman–Crippen MR) is 100 cm³/mol. The largest absolute Gasteiger partial charge is 0.319 e. The molecular weight excluding hydrogens is 294 g/mol. The number of para-hydroxylation sites is 2. The average molecular weight is 320 g/mol. The van der Waals surface area contributed by atoms with Gasteiger partial charge < -0.3 is 9.80 Å². The van der Waals surface area contributed by atoms with E-state index < -0.39 is 0 Å². The molecule has 4 rings (SSSR count). The van der Waals surface area contributed by atoms with E-state index in [1.807, 2.05) is 6.07 Å². The third-order valence-electron chi connectivity index (χ3n) is 5.31. The van der Waals surface area contributed by atoms with Crippen LogP contribution in [0, 0.1) is 5.92 Å². The highest BCUT2D eigenvalue weighted by Crippen LogP contribution is 2.29. The van der Waals surface area contributed by atoms with Crippen molar-refractivity contribution in [2.75, 3.05) is 31.2 Å². The van der Waals surface area contributed by atoms with E-state index in [-0.39, 0.29) is 0 Å². The Morgan fingerprint density at radius 1 is 1.00 bits per heavy atom. The van der Waals surface area contributed by atoms with Crippen LogP contribution in [0.1, 0.15) is 25.3 Å². The Morgan fingerprint density at radius 2 is 1.71 bits per heavy atom. The minimum atomic E-state index is 0.898. The van der Waals surface area contributed by atoms with E-state index in [2.05, 4.69) is 60.4 Å². The van der Waals surface area contributed by atoms with E-state index in [1.54, 1.807) is 4.90 Å². The number of anilines is 1. The minimum absolute atomic E-state index is 0.898. The van der Waals surface area contributed by atoms with Crippen LogP contribution in [0.4, 0.5) is 11.4 Å². The summed E-state index contributed by atoms with van der Waals surface area (Å²) in [7, 11) is 0. The van der Waals surface area contributed by atoms with Gasteiger partial charge in [-0.25, -0.2) is 0 Å². The maximum atomic E-state index is 4.92. The lowest BCUT2D eigenvalue weighted by atomic mass is 10.00. The SMILES string of the molecule is CC1CC[NH+](CN2CC(=Nc3ccccc3)c3ccccc32)CC1. The zero-order valence-corrected chi connectivity index (χ0v) is 14.4. The maximum absolute atomic E-state index is 4.92. The molecule has 1 fully saturated rings. The lowest BCUT2D eigenvalue weighted by Gasteiger charge is -2.31. The van der Waals surface area contributed by atoms with Gasteiger partial charge in [-0.1, -0.05) is 43.3 Å². The summed E-state index contributed by atoms with van der Waals surface area (Å²) < 4.78 is 0. The third-order valence-corrected chi connectivity index (χ3v) is 5.31. The van der Waals surface area contributed by atoms with E-state index in [0.717, 1.165) is 24.8 Å². The number of quaternary nitrogens is 1. The van der Waals surface area contributed by atoms with Crippen LogP contribution in [0.3, 0.4) is 0 Å². The molecule has 2 aliphatic heterocycles. The monoisotopic (exact) mass is 320 g/mol. The normalized spacial score (nSPS) is 25.0. The predicted octanol–water partition coefficient (Wildman–Crippen LogP) is 2.90. The Hall–Kier alpha value is -2.13. The van der Waals surface area contributed by atoms with Gasteiger partial charge in [-0.05, 0) is 37.0 Å². The van der Waals surface area contributed by atoms with Crippen molar-refractivity contribution >= 4 is 17.1 Å². The Kier molecular flexibility index (Phi) is 4.35. The van der Waals surface area contributed by atoms with Gasteiger partial charge in [0.05, 0.1) is 36.7 Å². The van der Waals surface area contributed by atoms with Crippen LogP contribution in [0.2, 0.25) is 0 Å². The van der Waals surface area contributed by atoms with Crippen LogP contribution in [0.25, 0.3) is 0 Å². The first-order valence-electron chi connectivity index (χ1n) is 9.10. The topological polar surface area (TPSA) is 20.0 Å². The molecule has 124 valence electrons. The number of likely N-dealkylation sites (tertiary alicyclic amines) is 1. The second-order valence-corrected chi connectivity index (χ2v) is 7.20. The van der Waals surface area contributed by atoms with Crippen LogP contribution in [0.5, 0.6) is 0 Å². The molecular formula is C21H26N3+. The van der Waals surface area contributed by atoms with Gasteiger partial charge in [-0.3, -0.25) is 4.99 Å². The summed E-state index contributed by atoms with van der Waals surface area (Å²) in [6.07, 6.45) is 2.71. The molecule has 2 aliphatic rings. The molecule has 0 atom stereocenters. The fourth-order valence-electron chi connectivity index (χ4n) is 3.84. The zero-order valence-electron chi connectivity index (χ0n) is 14.4. The fourth-order valence-corrected chi connectivity index (χ4v) is 3.84. The zero-order chi connectivity index (χ0) is 16.4. The minimum Gasteiger partial charge on any atom is -0.319 e. The van der Waals surface area contributed by atoms with Crippen molar-refractivity contribution in [2.24, 2.45) is 10.9 Å². The number of rotatable bonds is 3. The molecule has 0 saturated carbocycles. The molecule has 1 saturated heterocycles. The quantitative estimate of drug-likeness (QED) is 0.922. The summed E-state index contributed by atoms with van der Waals surface area (Å²) in [6.45, 7) is 6.99. The van der Waals surface area contributed by atoms with Crippen LogP contribution in [0.15, 0.2) is 59.6 Å². The Labute approximate surface area is 144 Å². The van der Waals surface area contributed by atoms with Crippen molar-refractivity contribution in [3.05, 3.63) is 60.2 Å². The highest BCUT2D eigenvalue weighted by Gasteiger charge is 2.28. The fraction of sp³-hybridized carbons (Fsp3) is 0.381. The molecule has 24 heavy (non-hydrogen) atoms. The van der Waals surface area contributed by atoms with E-state index in [0.29, 0.717) is 0 Å². The Balaban J connectivity index is 1.56. The number of aliphatic imine (C=N–C) groups is 1. The Bertz CT molecular complexity index is 715. The van der Waals surface area contributed by atoms with Crippen LogP contribution >= 0.6 is 0 Å². The van der Waals surface area contributed by atoms with Gasteiger partial charge in [0.25, 0.3) is 0 Å². The number of benzene rings is 2. The van der Waals surface area contributed by atoms with Crippen molar-refractivity contribution in [3.63, 3.8) is 0 Å². The van der Waals surface area contributed by atoms with E-state index >= 15 is 0 Å². The van der Waals surface area contributed by atoms with Gasteiger partial charge in [0.15, 0.2) is 6.67 Å². The van der Waals surface area contributed by atoms with Crippen LogP contribution < -0.4 is 9.80 Å². The van der Waals surface area contributed by atoms with Crippen molar-refractivity contribution in [1.82, 2.24) is 0 Å². The van der Waals surface area contributed by atoms with Gasteiger partial charge >= 0.3 is 0 Å². The maximum Gasteiger partial charge on any atom is 0.153 e. The summed E-state index contributed by atoms with van der Waals surface area (Å²) in [5, 5.41) is 0. The number of nitrogens with zero attached hydrogens (tertiary/aromatic N) is 2. The molecule has 0 amide bonds. The van der Waals surface area contributed by atoms with Gasteiger partial charge in [0.1, 0.15) is 0 Å². The van der Waals surface area contributed by atoms with E-state index in [4.69, 9.17) is 4.99 Å². The molecule has 0 unspecified atom stereocenters. The number of hydrogen-bond donors (Lipinski definition) is 1. The molecule has 3 heteroatoms. The second-order valence-electron chi connectivity index (χ2n) is 7.20. The third kappa shape index (κ3) is 3.22. The average Bonchev–Trinajstić information content (AvgIpc) is 2.96. The first kappa shape index (κ1) is 15.4. The van der Waals surface area contributed by atoms with Gasteiger partial charge in [-0.2, -0.15) is 0 Å². The molecule has 0 spiro atoms. The Morgan fingerprint density at radius 3 is 2.50 bits per heavy atom. The van der Waals surface area contributed by atoms with E-state index in [9.17, 15) is 0 Å². The van der Waals surface area contributed by atoms with Crippen molar-refractivity contribution < 1.29 is 4.90 Å². The standard InChI is InChI=1S/C21H25N3/c1-17-11-13-23(14-12-17)16-24-15-20(19-9-5-6-10-21(19)24)22-18-7-3-2-4-8-18/h2-10,17H,11-16H2,1H3/p+1. The molecule has 0 radical (unpaired) electrons. The molecule has 0 bridgehead atoms. The number of nitrogens with one attached hydrogen (secondary N) is 1. The molecule has 3 nitrogen and oxygen atoms in total.